The number of carboxylic acids is 1. The van der Waals surface area contributed by atoms with Crippen molar-refractivity contribution in [3.05, 3.63) is 35.4 Å². The lowest BCUT2D eigenvalue weighted by molar-refractivity contribution is -0.175. The molecular formula is C15H16F3NO3. The normalized spacial score (nSPS) is 19.1. The van der Waals surface area contributed by atoms with Gasteiger partial charge in [0.15, 0.2) is 0 Å². The molecule has 1 aromatic carbocycles. The molecule has 0 aromatic heterocycles. The van der Waals surface area contributed by atoms with Crippen LogP contribution in [0.25, 0.3) is 0 Å². The zero-order valence-electron chi connectivity index (χ0n) is 11.7. The first kappa shape index (κ1) is 16.3. The van der Waals surface area contributed by atoms with Gasteiger partial charge in [0.1, 0.15) is 6.04 Å². The maximum Gasteiger partial charge on any atom is 0.471 e. The Balaban J connectivity index is 2.13. The summed E-state index contributed by atoms with van der Waals surface area (Å²) in [4.78, 5) is 22.1. The van der Waals surface area contributed by atoms with Gasteiger partial charge in [-0.1, -0.05) is 24.3 Å². The highest BCUT2D eigenvalue weighted by atomic mass is 19.4. The van der Waals surface area contributed by atoms with Gasteiger partial charge in [0, 0.05) is 0 Å². The minimum atomic E-state index is -5.09. The quantitative estimate of drug-likeness (QED) is 0.897. The third-order valence-corrected chi connectivity index (χ3v) is 3.87. The van der Waals surface area contributed by atoms with E-state index in [1.807, 2.05) is 24.3 Å². The molecule has 0 saturated carbocycles. The Morgan fingerprint density at radius 3 is 2.64 bits per heavy atom. The fourth-order valence-electron chi connectivity index (χ4n) is 2.85. The minimum Gasteiger partial charge on any atom is -0.480 e. The van der Waals surface area contributed by atoms with Gasteiger partial charge < -0.3 is 10.4 Å². The van der Waals surface area contributed by atoms with Crippen molar-refractivity contribution in [2.45, 2.75) is 43.8 Å². The molecule has 2 unspecified atom stereocenters. The highest BCUT2D eigenvalue weighted by Gasteiger charge is 2.41. The number of fused-ring (bicyclic) bond motifs is 1. The summed E-state index contributed by atoms with van der Waals surface area (Å²) >= 11 is 0. The number of aliphatic carboxylic acids is 1. The van der Waals surface area contributed by atoms with Crippen molar-refractivity contribution in [2.75, 3.05) is 0 Å². The van der Waals surface area contributed by atoms with Crippen molar-refractivity contribution >= 4 is 11.9 Å². The third kappa shape index (κ3) is 3.78. The number of rotatable bonds is 4. The summed E-state index contributed by atoms with van der Waals surface area (Å²) in [7, 11) is 0. The van der Waals surface area contributed by atoms with Crippen LogP contribution < -0.4 is 5.32 Å². The summed E-state index contributed by atoms with van der Waals surface area (Å²) in [6.45, 7) is 0. The predicted octanol–water partition coefficient (Wildman–Crippen LogP) is 2.63. The SMILES string of the molecule is O=C(O)C(CC1CCCc2ccccc21)NC(=O)C(F)(F)F. The Kier molecular flexibility index (Phi) is 4.73. The molecule has 0 saturated heterocycles. The monoisotopic (exact) mass is 315 g/mol. The van der Waals surface area contributed by atoms with Gasteiger partial charge in [0.2, 0.25) is 0 Å². The number of hydrogen-bond acceptors (Lipinski definition) is 2. The van der Waals surface area contributed by atoms with Crippen molar-refractivity contribution in [1.29, 1.82) is 0 Å². The molecule has 1 aliphatic carbocycles. The molecule has 0 bridgehead atoms. The second kappa shape index (κ2) is 6.37. The second-order valence-corrected chi connectivity index (χ2v) is 5.39. The molecule has 0 heterocycles. The number of aryl methyl sites for hydroxylation is 1. The zero-order valence-corrected chi connectivity index (χ0v) is 11.7. The molecule has 2 atom stereocenters. The van der Waals surface area contributed by atoms with E-state index >= 15 is 0 Å². The molecule has 2 rings (SSSR count). The Bertz CT molecular complexity index is 571. The molecule has 1 amide bonds. The molecule has 0 fully saturated rings. The van der Waals surface area contributed by atoms with Gasteiger partial charge in [-0.2, -0.15) is 13.2 Å². The molecule has 2 N–H and O–H groups in total. The van der Waals surface area contributed by atoms with Crippen molar-refractivity contribution in [2.24, 2.45) is 0 Å². The summed E-state index contributed by atoms with van der Waals surface area (Å²) in [6.07, 6.45) is -2.71. The Morgan fingerprint density at radius 1 is 1.32 bits per heavy atom. The number of carboxylic acid groups (broad SMARTS) is 1. The number of halogens is 3. The molecule has 0 spiro atoms. The van der Waals surface area contributed by atoms with Gasteiger partial charge in [0.05, 0.1) is 0 Å². The van der Waals surface area contributed by atoms with E-state index in [1.165, 1.54) is 0 Å². The zero-order chi connectivity index (χ0) is 16.3. The van der Waals surface area contributed by atoms with Crippen LogP contribution in [0.1, 0.15) is 36.3 Å². The number of carbonyl (C=O) groups excluding carboxylic acids is 1. The van der Waals surface area contributed by atoms with Crippen molar-refractivity contribution in [3.8, 4) is 0 Å². The summed E-state index contributed by atoms with van der Waals surface area (Å²) in [5.41, 5.74) is 2.05. The Labute approximate surface area is 125 Å². The molecule has 0 radical (unpaired) electrons. The molecule has 4 nitrogen and oxygen atoms in total. The van der Waals surface area contributed by atoms with Crippen LogP contribution in [0.4, 0.5) is 13.2 Å². The topological polar surface area (TPSA) is 66.4 Å². The van der Waals surface area contributed by atoms with Crippen LogP contribution in [-0.2, 0) is 16.0 Å². The van der Waals surface area contributed by atoms with Gasteiger partial charge in [0.25, 0.3) is 0 Å². The Morgan fingerprint density at radius 2 is 2.00 bits per heavy atom. The van der Waals surface area contributed by atoms with Gasteiger partial charge in [-0.25, -0.2) is 4.79 Å². The molecular weight excluding hydrogens is 299 g/mol. The lowest BCUT2D eigenvalue weighted by atomic mass is 9.79. The molecule has 1 aliphatic rings. The van der Waals surface area contributed by atoms with E-state index < -0.39 is 24.1 Å². The fourth-order valence-corrected chi connectivity index (χ4v) is 2.85. The number of amides is 1. The lowest BCUT2D eigenvalue weighted by Gasteiger charge is -2.28. The third-order valence-electron chi connectivity index (χ3n) is 3.87. The molecule has 7 heteroatoms. The minimum absolute atomic E-state index is 0.0475. The molecule has 22 heavy (non-hydrogen) atoms. The first-order valence-electron chi connectivity index (χ1n) is 6.97. The van der Waals surface area contributed by atoms with Gasteiger partial charge in [-0.3, -0.25) is 4.79 Å². The van der Waals surface area contributed by atoms with Crippen LogP contribution in [0.5, 0.6) is 0 Å². The van der Waals surface area contributed by atoms with Crippen molar-refractivity contribution in [3.63, 3.8) is 0 Å². The number of benzene rings is 1. The van der Waals surface area contributed by atoms with E-state index in [2.05, 4.69) is 0 Å². The lowest BCUT2D eigenvalue weighted by Crippen LogP contribution is -2.47. The average molecular weight is 315 g/mol. The van der Waals surface area contributed by atoms with Gasteiger partial charge in [-0.15, -0.1) is 0 Å². The van der Waals surface area contributed by atoms with E-state index in [4.69, 9.17) is 5.11 Å². The van der Waals surface area contributed by atoms with Crippen LogP contribution in [-0.4, -0.2) is 29.2 Å². The molecule has 0 aliphatic heterocycles. The van der Waals surface area contributed by atoms with Crippen molar-refractivity contribution in [1.82, 2.24) is 5.32 Å². The van der Waals surface area contributed by atoms with Gasteiger partial charge in [-0.05, 0) is 42.7 Å². The maximum absolute atomic E-state index is 12.3. The number of hydrogen-bond donors (Lipinski definition) is 2. The van der Waals surface area contributed by atoms with Crippen LogP contribution in [0.3, 0.4) is 0 Å². The van der Waals surface area contributed by atoms with Crippen molar-refractivity contribution < 1.29 is 27.9 Å². The summed E-state index contributed by atoms with van der Waals surface area (Å²) in [5.74, 6) is -3.84. The first-order chi connectivity index (χ1) is 10.3. The standard InChI is InChI=1S/C15H16F3NO3/c16-15(17,18)14(22)19-12(13(20)21)8-10-6-3-5-9-4-1-2-7-11(9)10/h1-2,4,7,10,12H,3,5-6,8H2,(H,19,22)(H,20,21). The highest BCUT2D eigenvalue weighted by molar-refractivity contribution is 5.86. The van der Waals surface area contributed by atoms with Gasteiger partial charge >= 0.3 is 18.1 Å². The van der Waals surface area contributed by atoms with E-state index in [-0.39, 0.29) is 12.3 Å². The Hall–Kier alpha value is -2.05. The van der Waals surface area contributed by atoms with Crippen LogP contribution in [0.2, 0.25) is 0 Å². The molecule has 120 valence electrons. The van der Waals surface area contributed by atoms with E-state index in [0.717, 1.165) is 24.0 Å². The van der Waals surface area contributed by atoms with E-state index in [0.29, 0.717) is 6.42 Å². The summed E-state index contributed by atoms with van der Waals surface area (Å²) in [5, 5.41) is 10.7. The first-order valence-corrected chi connectivity index (χ1v) is 6.97. The average Bonchev–Trinajstić information content (AvgIpc) is 2.45. The summed E-state index contributed by atoms with van der Waals surface area (Å²) in [6, 6.07) is 5.95. The highest BCUT2D eigenvalue weighted by Crippen LogP contribution is 2.34. The van der Waals surface area contributed by atoms with Crippen LogP contribution in [0, 0.1) is 0 Å². The van der Waals surface area contributed by atoms with E-state index in [1.54, 1.807) is 5.32 Å². The predicted molar refractivity (Wildman–Crippen MR) is 72.4 cm³/mol. The molecule has 1 aromatic rings. The number of alkyl halides is 3. The summed E-state index contributed by atoms with van der Waals surface area (Å²) < 4.78 is 36.9. The largest absolute Gasteiger partial charge is 0.480 e. The smallest absolute Gasteiger partial charge is 0.471 e. The maximum atomic E-state index is 12.3. The second-order valence-electron chi connectivity index (χ2n) is 5.39. The number of carbonyl (C=O) groups is 2. The van der Waals surface area contributed by atoms with Crippen LogP contribution in [0.15, 0.2) is 24.3 Å². The van der Waals surface area contributed by atoms with E-state index in [9.17, 15) is 22.8 Å². The number of nitrogens with one attached hydrogen (secondary N) is 1. The fraction of sp³-hybridized carbons (Fsp3) is 0.467. The van der Waals surface area contributed by atoms with Crippen LogP contribution >= 0.6 is 0 Å².